The number of carbonyl (C=O) groups is 6. The molecule has 9 amide bonds. The first-order valence-corrected chi connectivity index (χ1v) is 25.3. The lowest BCUT2D eigenvalue weighted by Crippen LogP contribution is -2.32. The van der Waals surface area contributed by atoms with Crippen molar-refractivity contribution < 1.29 is 28.8 Å². The molecule has 6 N–H and O–H groups in total. The van der Waals surface area contributed by atoms with Crippen LogP contribution >= 0.6 is 0 Å². The molecular weight excluding hydrogens is 937 g/mol. The lowest BCUT2D eigenvalue weighted by Gasteiger charge is -2.30. The monoisotopic (exact) mass is 994 g/mol. The van der Waals surface area contributed by atoms with Gasteiger partial charge < -0.3 is 30.7 Å². The van der Waals surface area contributed by atoms with Crippen LogP contribution in [0.2, 0.25) is 0 Å². The van der Waals surface area contributed by atoms with Crippen LogP contribution in [0.1, 0.15) is 135 Å². The number of amides is 9. The number of piperidine rings is 3. The number of aromatic nitrogens is 3. The zero-order valence-corrected chi connectivity index (χ0v) is 41.3. The molecule has 3 aromatic heterocycles. The number of urea groups is 3. The Morgan fingerprint density at radius 1 is 0.446 bits per heavy atom. The van der Waals surface area contributed by atoms with Crippen molar-refractivity contribution in [3.63, 3.8) is 0 Å². The van der Waals surface area contributed by atoms with Gasteiger partial charge in [-0.1, -0.05) is 30.3 Å². The lowest BCUT2D eigenvalue weighted by atomic mass is 9.96. The number of nitrogens with one attached hydrogen (secondary N) is 6. The normalized spacial score (nSPS) is 18.6. The predicted octanol–water partition coefficient (Wildman–Crippen LogP) is 10.8. The Bertz CT molecular complexity index is 3010. The maximum Gasteiger partial charge on any atom is 0.324 e. The van der Waals surface area contributed by atoms with Crippen molar-refractivity contribution in [2.24, 2.45) is 0 Å². The van der Waals surface area contributed by atoms with E-state index in [9.17, 15) is 28.8 Å². The third kappa shape index (κ3) is 10.3. The highest BCUT2D eigenvalue weighted by atomic mass is 16.2. The quantitative estimate of drug-likeness (QED) is 0.0932. The van der Waals surface area contributed by atoms with Gasteiger partial charge in [0.2, 0.25) is 0 Å². The van der Waals surface area contributed by atoms with E-state index in [0.717, 1.165) is 105 Å². The summed E-state index contributed by atoms with van der Waals surface area (Å²) in [5, 5.41) is 16.9. The first-order valence-electron chi connectivity index (χ1n) is 25.3. The van der Waals surface area contributed by atoms with Crippen LogP contribution < -0.4 is 31.9 Å². The van der Waals surface area contributed by atoms with Crippen LogP contribution in [0.4, 0.5) is 48.9 Å². The van der Waals surface area contributed by atoms with Crippen LogP contribution in [0.5, 0.6) is 0 Å². The van der Waals surface area contributed by atoms with E-state index in [1.807, 2.05) is 101 Å². The maximum atomic E-state index is 12.6. The van der Waals surface area contributed by atoms with Gasteiger partial charge in [-0.05, 0) is 150 Å². The second-order valence-electron chi connectivity index (χ2n) is 19.2. The number of fused-ring (bicyclic) bond motifs is 9. The van der Waals surface area contributed by atoms with Gasteiger partial charge in [0.25, 0.3) is 17.7 Å². The molecule has 0 radical (unpaired) electrons. The number of hydrogen-bond acceptors (Lipinski definition) is 9. The molecule has 6 aliphatic rings. The third-order valence-electron chi connectivity index (χ3n) is 14.2. The van der Waals surface area contributed by atoms with Gasteiger partial charge >= 0.3 is 18.1 Å². The van der Waals surface area contributed by atoms with Crippen molar-refractivity contribution in [3.8, 4) is 0 Å². The fourth-order valence-electron chi connectivity index (χ4n) is 11.0. The number of anilines is 6. The summed E-state index contributed by atoms with van der Waals surface area (Å²) >= 11 is 0. The zero-order valence-electron chi connectivity index (χ0n) is 41.3. The summed E-state index contributed by atoms with van der Waals surface area (Å²) in [6, 6.07) is 30.2. The van der Waals surface area contributed by atoms with Crippen molar-refractivity contribution in [1.29, 1.82) is 0 Å². The van der Waals surface area contributed by atoms with Gasteiger partial charge in [0.1, 0.15) is 17.5 Å². The first kappa shape index (κ1) is 48.9. The van der Waals surface area contributed by atoms with Gasteiger partial charge in [-0.2, -0.15) is 0 Å². The SMILES string of the molecule is Cc1cccc(NC(=O)Nc2cccc3c2C2CCCCN2C3=O)n1.Cc1ccnc(NC(=O)Nc2cccc3c2C2CCCCN2C3=O)c1.O=C(Nc1ccccn1)Nc1cccc2c1C1CCCCN1C2=O. The molecule has 0 saturated carbocycles. The summed E-state index contributed by atoms with van der Waals surface area (Å²) in [6.07, 6.45) is 12.5. The molecular formula is C56H58N12O6. The van der Waals surface area contributed by atoms with E-state index < -0.39 is 0 Å². The molecule has 9 heterocycles. The molecule has 74 heavy (non-hydrogen) atoms. The zero-order chi connectivity index (χ0) is 51.3. The smallest absolute Gasteiger partial charge is 0.324 e. The number of carbonyl (C=O) groups excluding carboxylic acids is 6. The van der Waals surface area contributed by atoms with Crippen LogP contribution in [0.25, 0.3) is 0 Å². The lowest BCUT2D eigenvalue weighted by molar-refractivity contribution is 0.0664. The Labute approximate surface area is 428 Å². The topological polar surface area (TPSA) is 223 Å². The summed E-state index contributed by atoms with van der Waals surface area (Å²) in [7, 11) is 0. The van der Waals surface area contributed by atoms with Crippen molar-refractivity contribution in [2.45, 2.75) is 89.8 Å². The van der Waals surface area contributed by atoms with Gasteiger partial charge in [0.15, 0.2) is 0 Å². The number of rotatable bonds is 6. The highest BCUT2D eigenvalue weighted by Gasteiger charge is 2.42. The molecule has 0 aliphatic carbocycles. The summed E-state index contributed by atoms with van der Waals surface area (Å²) in [4.78, 5) is 93.0. The summed E-state index contributed by atoms with van der Waals surface area (Å²) in [5.74, 6) is 1.70. The molecule has 0 spiro atoms. The van der Waals surface area contributed by atoms with Crippen LogP contribution in [-0.4, -0.2) is 85.1 Å². The minimum Gasteiger partial charge on any atom is -0.331 e. The standard InChI is InChI=1S/2C19H20N4O2.C18H18N4O2/c1-12-6-4-10-16(20-12)22-19(25)21-14-8-5-7-13-17(14)15-9-2-3-11-23(15)18(13)24;1-12-8-9-20-16(11-12)22-19(25)21-14-6-4-5-13-17(14)15-7-2-3-10-23(15)18(13)24;23-17-12-6-5-7-13(16(12)14-8-2-4-11-22(14)17)20-18(24)21-15-9-1-3-10-19-15/h4-8,10,15H,2-3,9,11H2,1H3,(H2,20,21,22,25);4-6,8-9,11,15H,2-3,7,10H2,1H3,(H2,20,21,22,25);1,3,5-7,9-10,14H,2,4,8,11H2,(H2,19,20,21,24). The number of aryl methyl sites for hydroxylation is 2. The second-order valence-corrected chi connectivity index (χ2v) is 19.2. The van der Waals surface area contributed by atoms with Gasteiger partial charge in [0.05, 0.1) is 18.1 Å². The van der Waals surface area contributed by atoms with E-state index in [4.69, 9.17) is 0 Å². The summed E-state index contributed by atoms with van der Waals surface area (Å²) < 4.78 is 0. The minimum atomic E-state index is -0.358. The van der Waals surface area contributed by atoms with Crippen molar-refractivity contribution in [1.82, 2.24) is 29.7 Å². The Hall–Kier alpha value is -8.67. The number of hydrogen-bond donors (Lipinski definition) is 6. The molecule has 3 atom stereocenters. The molecule has 3 aromatic carbocycles. The van der Waals surface area contributed by atoms with Crippen molar-refractivity contribution in [2.75, 3.05) is 51.5 Å². The summed E-state index contributed by atoms with van der Waals surface area (Å²) in [6.45, 7) is 6.18. The molecule has 0 bridgehead atoms. The molecule has 3 saturated heterocycles. The minimum absolute atomic E-state index is 0.0727. The Morgan fingerprint density at radius 2 is 0.865 bits per heavy atom. The molecule has 18 nitrogen and oxygen atoms in total. The highest BCUT2D eigenvalue weighted by Crippen LogP contribution is 2.46. The molecule has 3 fully saturated rings. The van der Waals surface area contributed by atoms with E-state index in [-0.39, 0.29) is 53.9 Å². The average molecular weight is 995 g/mol. The number of benzene rings is 3. The van der Waals surface area contributed by atoms with E-state index in [1.165, 1.54) is 0 Å². The van der Waals surface area contributed by atoms with Crippen LogP contribution in [0, 0.1) is 13.8 Å². The molecule has 378 valence electrons. The average Bonchev–Trinajstić information content (AvgIpc) is 3.99. The van der Waals surface area contributed by atoms with E-state index >= 15 is 0 Å². The van der Waals surface area contributed by atoms with Crippen molar-refractivity contribution >= 4 is 70.3 Å². The van der Waals surface area contributed by atoms with Crippen LogP contribution in [-0.2, 0) is 0 Å². The van der Waals surface area contributed by atoms with Gasteiger partial charge in [0, 0.05) is 88.2 Å². The Kier molecular flexibility index (Phi) is 14.3. The molecule has 3 unspecified atom stereocenters. The molecule has 6 aromatic rings. The van der Waals surface area contributed by atoms with Crippen LogP contribution in [0.3, 0.4) is 0 Å². The molecule has 18 heteroatoms. The van der Waals surface area contributed by atoms with E-state index in [0.29, 0.717) is 51.2 Å². The van der Waals surface area contributed by atoms with E-state index in [2.05, 4.69) is 46.9 Å². The highest BCUT2D eigenvalue weighted by molar-refractivity contribution is 6.07. The number of pyridine rings is 3. The maximum absolute atomic E-state index is 12.6. The van der Waals surface area contributed by atoms with Crippen molar-refractivity contribution in [3.05, 3.63) is 160 Å². The number of nitrogens with zero attached hydrogens (tertiary/aromatic N) is 6. The first-order chi connectivity index (χ1) is 36.0. The van der Waals surface area contributed by atoms with Crippen LogP contribution in [0.15, 0.2) is 116 Å². The predicted molar refractivity (Wildman–Crippen MR) is 282 cm³/mol. The Morgan fingerprint density at radius 3 is 1.30 bits per heavy atom. The molecule has 6 aliphatic heterocycles. The van der Waals surface area contributed by atoms with E-state index in [1.54, 1.807) is 42.7 Å². The third-order valence-corrected chi connectivity index (χ3v) is 14.2. The summed E-state index contributed by atoms with van der Waals surface area (Å²) in [5.41, 5.74) is 8.91. The Balaban J connectivity index is 0.000000127. The van der Waals surface area contributed by atoms with Gasteiger partial charge in [-0.15, -0.1) is 0 Å². The fourth-order valence-corrected chi connectivity index (χ4v) is 11.0. The fraction of sp³-hybridized carbons (Fsp3) is 0.304. The largest absolute Gasteiger partial charge is 0.331 e. The second kappa shape index (κ2) is 21.6. The van der Waals surface area contributed by atoms with Gasteiger partial charge in [-0.25, -0.2) is 29.3 Å². The molecule has 12 rings (SSSR count). The van der Waals surface area contributed by atoms with Gasteiger partial charge in [-0.3, -0.25) is 30.3 Å².